The summed E-state index contributed by atoms with van der Waals surface area (Å²) >= 11 is 0. The van der Waals surface area contributed by atoms with Gasteiger partial charge in [0.1, 0.15) is 5.76 Å². The van der Waals surface area contributed by atoms with Gasteiger partial charge in [0.2, 0.25) is 5.91 Å². The van der Waals surface area contributed by atoms with Gasteiger partial charge < -0.3 is 15.5 Å². The number of amides is 1. The summed E-state index contributed by atoms with van der Waals surface area (Å²) in [4.78, 5) is 13.7. The Morgan fingerprint density at radius 2 is 2.29 bits per heavy atom. The summed E-state index contributed by atoms with van der Waals surface area (Å²) in [5.41, 5.74) is 7.77. The smallest absolute Gasteiger partial charge is 0.221 e. The first-order chi connectivity index (χ1) is 11.6. The highest BCUT2D eigenvalue weighted by Crippen LogP contribution is 2.22. The molecular weight excluding hydrogens is 302 g/mol. The number of furan rings is 1. The number of carbonyl (C=O) groups is 1. The molecule has 0 unspecified atom stereocenters. The van der Waals surface area contributed by atoms with E-state index in [1.165, 1.54) is 5.56 Å². The Balaban J connectivity index is 1.61. The number of carbonyl (C=O) groups excluding carboxylic acids is 1. The summed E-state index contributed by atoms with van der Waals surface area (Å²) in [6.45, 7) is 4.70. The Morgan fingerprint density at radius 1 is 1.42 bits per heavy atom. The summed E-state index contributed by atoms with van der Waals surface area (Å²) in [7, 11) is 0. The van der Waals surface area contributed by atoms with E-state index in [0.29, 0.717) is 0 Å². The lowest BCUT2D eigenvalue weighted by Gasteiger charge is -2.31. The molecule has 0 bridgehead atoms. The van der Waals surface area contributed by atoms with Gasteiger partial charge >= 0.3 is 0 Å². The molecule has 0 aliphatic carbocycles. The average molecular weight is 327 g/mol. The highest BCUT2D eigenvalue weighted by molar-refractivity contribution is 5.76. The molecule has 3 rings (SSSR count). The number of hydrogen-bond acceptors (Lipinski definition) is 4. The Morgan fingerprint density at radius 3 is 3.04 bits per heavy atom. The molecule has 1 aliphatic heterocycles. The van der Waals surface area contributed by atoms with Crippen molar-refractivity contribution in [3.8, 4) is 0 Å². The first kappa shape index (κ1) is 16.6. The highest BCUT2D eigenvalue weighted by Gasteiger charge is 2.23. The SMILES string of the molecule is C[C@H](Nc1cccc(CN2CCC[C@H](C(N)=O)C2)c1)c1ccco1. The van der Waals surface area contributed by atoms with Gasteiger partial charge in [-0.05, 0) is 56.1 Å². The zero-order valence-electron chi connectivity index (χ0n) is 14.1. The Hall–Kier alpha value is -2.27. The third-order valence-corrected chi connectivity index (χ3v) is 4.59. The number of benzene rings is 1. The number of nitrogens with one attached hydrogen (secondary N) is 1. The van der Waals surface area contributed by atoms with Crippen LogP contribution in [0.15, 0.2) is 47.1 Å². The van der Waals surface area contributed by atoms with Crippen LogP contribution in [0.3, 0.4) is 0 Å². The molecule has 3 N–H and O–H groups in total. The van der Waals surface area contributed by atoms with E-state index >= 15 is 0 Å². The summed E-state index contributed by atoms with van der Waals surface area (Å²) in [6, 6.07) is 12.4. The Bertz CT molecular complexity index is 669. The van der Waals surface area contributed by atoms with Crippen LogP contribution in [0.5, 0.6) is 0 Å². The predicted octanol–water partition coefficient (Wildman–Crippen LogP) is 3.15. The molecule has 5 heteroatoms. The second-order valence-electron chi connectivity index (χ2n) is 6.56. The minimum absolute atomic E-state index is 0.0148. The molecule has 1 aromatic carbocycles. The fourth-order valence-electron chi connectivity index (χ4n) is 3.31. The summed E-state index contributed by atoms with van der Waals surface area (Å²) in [6.07, 6.45) is 3.63. The molecule has 0 radical (unpaired) electrons. The molecular formula is C19H25N3O2. The number of likely N-dealkylation sites (tertiary alicyclic amines) is 1. The van der Waals surface area contributed by atoms with Gasteiger partial charge in [0.15, 0.2) is 0 Å². The minimum Gasteiger partial charge on any atom is -0.467 e. The second-order valence-corrected chi connectivity index (χ2v) is 6.56. The zero-order chi connectivity index (χ0) is 16.9. The average Bonchev–Trinajstić information content (AvgIpc) is 3.10. The lowest BCUT2D eigenvalue weighted by atomic mass is 9.97. The van der Waals surface area contributed by atoms with E-state index in [1.807, 2.05) is 12.1 Å². The number of nitrogens with zero attached hydrogens (tertiary/aromatic N) is 1. The zero-order valence-corrected chi connectivity index (χ0v) is 14.1. The van der Waals surface area contributed by atoms with Crippen molar-refractivity contribution in [2.24, 2.45) is 11.7 Å². The number of anilines is 1. The van der Waals surface area contributed by atoms with E-state index < -0.39 is 0 Å². The van der Waals surface area contributed by atoms with Crippen LogP contribution in [0.4, 0.5) is 5.69 Å². The third-order valence-electron chi connectivity index (χ3n) is 4.59. The summed E-state index contributed by atoms with van der Waals surface area (Å²) in [5, 5.41) is 3.46. The normalized spacial score (nSPS) is 19.8. The molecule has 128 valence electrons. The minimum atomic E-state index is -0.178. The van der Waals surface area contributed by atoms with E-state index in [0.717, 1.165) is 43.9 Å². The van der Waals surface area contributed by atoms with Gasteiger partial charge in [-0.2, -0.15) is 0 Å². The molecule has 0 saturated carbocycles. The quantitative estimate of drug-likeness (QED) is 0.855. The Kier molecular flexibility index (Phi) is 5.20. The fraction of sp³-hybridized carbons (Fsp3) is 0.421. The van der Waals surface area contributed by atoms with Crippen LogP contribution in [0.25, 0.3) is 0 Å². The van der Waals surface area contributed by atoms with Gasteiger partial charge in [-0.15, -0.1) is 0 Å². The van der Waals surface area contributed by atoms with Crippen molar-refractivity contribution in [1.82, 2.24) is 4.90 Å². The van der Waals surface area contributed by atoms with Crippen molar-refractivity contribution in [1.29, 1.82) is 0 Å². The van der Waals surface area contributed by atoms with Crippen LogP contribution in [0.2, 0.25) is 0 Å². The molecule has 1 amide bonds. The van der Waals surface area contributed by atoms with Gasteiger partial charge in [0.25, 0.3) is 0 Å². The van der Waals surface area contributed by atoms with E-state index in [4.69, 9.17) is 10.2 Å². The largest absolute Gasteiger partial charge is 0.467 e. The van der Waals surface area contributed by atoms with E-state index in [1.54, 1.807) is 6.26 Å². The first-order valence-corrected chi connectivity index (χ1v) is 8.52. The number of primary amides is 1. The molecule has 2 heterocycles. The molecule has 0 spiro atoms. The third kappa shape index (κ3) is 4.17. The van der Waals surface area contributed by atoms with Crippen molar-refractivity contribution in [2.45, 2.75) is 32.4 Å². The maximum absolute atomic E-state index is 11.4. The molecule has 2 aromatic rings. The molecule has 1 aromatic heterocycles. The number of piperidine rings is 1. The molecule has 1 aliphatic rings. The number of rotatable bonds is 6. The van der Waals surface area contributed by atoms with Crippen LogP contribution >= 0.6 is 0 Å². The summed E-state index contributed by atoms with van der Waals surface area (Å²) < 4.78 is 5.44. The number of hydrogen-bond donors (Lipinski definition) is 2. The van der Waals surface area contributed by atoms with Gasteiger partial charge in [-0.1, -0.05) is 12.1 Å². The topological polar surface area (TPSA) is 71.5 Å². The monoisotopic (exact) mass is 327 g/mol. The van der Waals surface area contributed by atoms with Crippen LogP contribution in [0.1, 0.15) is 37.1 Å². The fourth-order valence-corrected chi connectivity index (χ4v) is 3.31. The number of nitrogens with two attached hydrogens (primary N) is 1. The van der Waals surface area contributed by atoms with Crippen LogP contribution in [-0.4, -0.2) is 23.9 Å². The van der Waals surface area contributed by atoms with Crippen molar-refractivity contribution >= 4 is 11.6 Å². The molecule has 24 heavy (non-hydrogen) atoms. The lowest BCUT2D eigenvalue weighted by molar-refractivity contribution is -0.123. The van der Waals surface area contributed by atoms with E-state index in [9.17, 15) is 4.79 Å². The standard InChI is InChI=1S/C19H25N3O2/c1-14(18-8-4-10-24-18)21-17-7-2-5-15(11-17)12-22-9-3-6-16(13-22)19(20)23/h2,4-5,7-8,10-11,14,16,21H,3,6,9,12-13H2,1H3,(H2,20,23)/t14-,16-/m0/s1. The van der Waals surface area contributed by atoms with Gasteiger partial charge in [0, 0.05) is 18.8 Å². The van der Waals surface area contributed by atoms with E-state index in [-0.39, 0.29) is 17.9 Å². The molecule has 1 fully saturated rings. The van der Waals surface area contributed by atoms with Crippen molar-refractivity contribution in [3.63, 3.8) is 0 Å². The van der Waals surface area contributed by atoms with Crippen LogP contribution in [0, 0.1) is 5.92 Å². The molecule has 5 nitrogen and oxygen atoms in total. The van der Waals surface area contributed by atoms with Gasteiger partial charge in [-0.25, -0.2) is 0 Å². The second kappa shape index (κ2) is 7.53. The summed E-state index contributed by atoms with van der Waals surface area (Å²) in [5.74, 6) is 0.724. The van der Waals surface area contributed by atoms with Crippen LogP contribution < -0.4 is 11.1 Å². The van der Waals surface area contributed by atoms with Crippen LogP contribution in [-0.2, 0) is 11.3 Å². The van der Waals surface area contributed by atoms with E-state index in [2.05, 4.69) is 41.4 Å². The van der Waals surface area contributed by atoms with Crippen molar-refractivity contribution in [3.05, 3.63) is 54.0 Å². The predicted molar refractivity (Wildman–Crippen MR) is 94.4 cm³/mol. The molecule has 1 saturated heterocycles. The van der Waals surface area contributed by atoms with Gasteiger partial charge in [-0.3, -0.25) is 9.69 Å². The molecule has 2 atom stereocenters. The Labute approximate surface area is 142 Å². The maximum Gasteiger partial charge on any atom is 0.221 e. The van der Waals surface area contributed by atoms with Gasteiger partial charge in [0.05, 0.1) is 18.2 Å². The lowest BCUT2D eigenvalue weighted by Crippen LogP contribution is -2.40. The van der Waals surface area contributed by atoms with Crippen molar-refractivity contribution < 1.29 is 9.21 Å². The van der Waals surface area contributed by atoms with Crippen molar-refractivity contribution in [2.75, 3.05) is 18.4 Å². The highest BCUT2D eigenvalue weighted by atomic mass is 16.3. The maximum atomic E-state index is 11.4. The first-order valence-electron chi connectivity index (χ1n) is 8.52.